The topological polar surface area (TPSA) is 26.0 Å². The van der Waals surface area contributed by atoms with Gasteiger partial charge in [-0.1, -0.05) is 29.8 Å². The normalized spacial score (nSPS) is 12.8. The molecule has 3 aromatic rings. The quantitative estimate of drug-likeness (QED) is 0.669. The fourth-order valence-corrected chi connectivity index (χ4v) is 3.49. The highest BCUT2D eigenvalue weighted by molar-refractivity contribution is 7.17. The van der Waals surface area contributed by atoms with Crippen LogP contribution in [0.15, 0.2) is 41.8 Å². The molecule has 1 aromatic heterocycles. The molecule has 1 nitrogen and oxygen atoms in total. The van der Waals surface area contributed by atoms with E-state index in [4.69, 9.17) is 17.3 Å². The number of benzene rings is 2. The second-order valence-corrected chi connectivity index (χ2v) is 6.17. The average Bonchev–Trinajstić information content (AvgIpc) is 2.86. The van der Waals surface area contributed by atoms with E-state index in [0.29, 0.717) is 6.42 Å². The third kappa shape index (κ3) is 2.79. The predicted octanol–water partition coefficient (Wildman–Crippen LogP) is 5.08. The highest BCUT2D eigenvalue weighted by Crippen LogP contribution is 2.30. The minimum Gasteiger partial charge on any atom is -0.324 e. The van der Waals surface area contributed by atoms with Crippen LogP contribution >= 0.6 is 22.9 Å². The first-order chi connectivity index (χ1) is 10.1. The Labute approximate surface area is 130 Å². The third-order valence-corrected chi connectivity index (χ3v) is 4.74. The zero-order valence-electron chi connectivity index (χ0n) is 10.9. The molecule has 0 radical (unpaired) electrons. The van der Waals surface area contributed by atoms with Crippen LogP contribution in [0.2, 0.25) is 5.02 Å². The summed E-state index contributed by atoms with van der Waals surface area (Å²) < 4.78 is 28.5. The Hall–Kier alpha value is -1.49. The number of hydrogen-bond acceptors (Lipinski definition) is 2. The Morgan fingerprint density at radius 1 is 1.14 bits per heavy atom. The summed E-state index contributed by atoms with van der Waals surface area (Å²) in [5, 5.41) is 2.88. The molecule has 0 fully saturated rings. The first-order valence-corrected chi connectivity index (χ1v) is 7.67. The van der Waals surface area contributed by atoms with Crippen molar-refractivity contribution in [2.75, 3.05) is 0 Å². The van der Waals surface area contributed by atoms with Crippen molar-refractivity contribution >= 4 is 33.0 Å². The van der Waals surface area contributed by atoms with Crippen LogP contribution in [0.1, 0.15) is 17.2 Å². The summed E-state index contributed by atoms with van der Waals surface area (Å²) in [6.45, 7) is 0. The van der Waals surface area contributed by atoms with Gasteiger partial charge in [0.05, 0.1) is 5.02 Å². The average molecular weight is 324 g/mol. The van der Waals surface area contributed by atoms with Gasteiger partial charge in [-0.05, 0) is 40.9 Å². The highest BCUT2D eigenvalue weighted by atomic mass is 35.5. The summed E-state index contributed by atoms with van der Waals surface area (Å²) in [6.07, 6.45) is 0.446. The fourth-order valence-electron chi connectivity index (χ4n) is 2.36. The van der Waals surface area contributed by atoms with E-state index in [1.54, 1.807) is 11.3 Å². The van der Waals surface area contributed by atoms with Crippen LogP contribution in [-0.4, -0.2) is 0 Å². The van der Waals surface area contributed by atoms with Gasteiger partial charge in [0.25, 0.3) is 0 Å². The van der Waals surface area contributed by atoms with Crippen molar-refractivity contribution in [3.8, 4) is 0 Å². The van der Waals surface area contributed by atoms with Gasteiger partial charge in [0.15, 0.2) is 0 Å². The van der Waals surface area contributed by atoms with Crippen LogP contribution in [-0.2, 0) is 6.42 Å². The molecule has 1 unspecified atom stereocenters. The molecule has 0 amide bonds. The summed E-state index contributed by atoms with van der Waals surface area (Å²) in [5.74, 6) is -1.23. The van der Waals surface area contributed by atoms with Crippen LogP contribution in [0.25, 0.3) is 10.1 Å². The molecule has 1 heterocycles. The lowest BCUT2D eigenvalue weighted by atomic mass is 9.99. The van der Waals surface area contributed by atoms with Gasteiger partial charge < -0.3 is 5.73 Å². The van der Waals surface area contributed by atoms with Crippen LogP contribution < -0.4 is 5.73 Å². The Morgan fingerprint density at radius 3 is 2.71 bits per heavy atom. The lowest BCUT2D eigenvalue weighted by Gasteiger charge is -2.13. The maximum Gasteiger partial charge on any atom is 0.142 e. The summed E-state index contributed by atoms with van der Waals surface area (Å²) in [7, 11) is 0. The lowest BCUT2D eigenvalue weighted by Crippen LogP contribution is -2.15. The van der Waals surface area contributed by atoms with Crippen LogP contribution in [0.5, 0.6) is 0 Å². The lowest BCUT2D eigenvalue weighted by molar-refractivity contribution is 0.562. The van der Waals surface area contributed by atoms with Gasteiger partial charge in [0, 0.05) is 16.3 Å². The van der Waals surface area contributed by atoms with Crippen LogP contribution in [0.3, 0.4) is 0 Å². The van der Waals surface area contributed by atoms with Gasteiger partial charge in [-0.2, -0.15) is 0 Å². The Kier molecular flexibility index (Phi) is 3.93. The summed E-state index contributed by atoms with van der Waals surface area (Å²) in [5.41, 5.74) is 7.24. The summed E-state index contributed by atoms with van der Waals surface area (Å²) in [4.78, 5) is 0. The second-order valence-electron chi connectivity index (χ2n) is 4.86. The van der Waals surface area contributed by atoms with Crippen molar-refractivity contribution in [1.29, 1.82) is 0 Å². The maximum absolute atomic E-state index is 13.9. The molecule has 2 aromatic carbocycles. The molecule has 2 N–H and O–H groups in total. The first kappa shape index (κ1) is 14.4. The van der Waals surface area contributed by atoms with Gasteiger partial charge in [-0.15, -0.1) is 11.3 Å². The number of rotatable bonds is 3. The smallest absolute Gasteiger partial charge is 0.142 e. The summed E-state index contributed by atoms with van der Waals surface area (Å²) in [6, 6.07) is 9.39. The van der Waals surface area contributed by atoms with Crippen molar-refractivity contribution < 1.29 is 8.78 Å². The maximum atomic E-state index is 13.9. The molecule has 0 aliphatic rings. The first-order valence-electron chi connectivity index (χ1n) is 6.41. The SMILES string of the molecule is NC(Cc1csc2ccccc12)c1cc(F)c(Cl)cc1F. The largest absolute Gasteiger partial charge is 0.324 e. The van der Waals surface area contributed by atoms with Crippen molar-refractivity contribution in [3.05, 3.63) is 69.6 Å². The highest BCUT2D eigenvalue weighted by Gasteiger charge is 2.17. The van der Waals surface area contributed by atoms with E-state index >= 15 is 0 Å². The van der Waals surface area contributed by atoms with Gasteiger partial charge in [-0.3, -0.25) is 0 Å². The van der Waals surface area contributed by atoms with E-state index in [9.17, 15) is 8.78 Å². The number of halogens is 3. The third-order valence-electron chi connectivity index (χ3n) is 3.44. The van der Waals surface area contributed by atoms with Gasteiger partial charge in [0.1, 0.15) is 11.6 Å². The Bertz CT molecular complexity index is 800. The van der Waals surface area contributed by atoms with E-state index in [-0.39, 0.29) is 10.6 Å². The fraction of sp³-hybridized carbons (Fsp3) is 0.125. The molecule has 3 rings (SSSR count). The molecule has 108 valence electrons. The van der Waals surface area contributed by atoms with Crippen LogP contribution in [0.4, 0.5) is 8.78 Å². The van der Waals surface area contributed by atoms with E-state index in [1.165, 1.54) is 0 Å². The minimum atomic E-state index is -0.654. The zero-order valence-corrected chi connectivity index (χ0v) is 12.5. The Morgan fingerprint density at radius 2 is 1.90 bits per heavy atom. The van der Waals surface area contributed by atoms with Crippen molar-refractivity contribution in [2.45, 2.75) is 12.5 Å². The molecule has 0 bridgehead atoms. The molecule has 0 aliphatic heterocycles. The number of fused-ring (bicyclic) bond motifs is 1. The van der Waals surface area contributed by atoms with Crippen molar-refractivity contribution in [3.63, 3.8) is 0 Å². The molecule has 0 spiro atoms. The molecule has 0 saturated carbocycles. The predicted molar refractivity (Wildman–Crippen MR) is 83.8 cm³/mol. The molecular weight excluding hydrogens is 312 g/mol. The Balaban J connectivity index is 1.93. The zero-order chi connectivity index (χ0) is 15.0. The van der Waals surface area contributed by atoms with Gasteiger partial charge >= 0.3 is 0 Å². The standard InChI is InChI=1S/C16H12ClF2NS/c17-12-7-13(18)11(6-14(12)19)15(20)5-9-8-21-16-4-2-1-3-10(9)16/h1-4,6-8,15H,5,20H2. The molecule has 1 atom stereocenters. The minimum absolute atomic E-state index is 0.146. The van der Waals surface area contributed by atoms with E-state index in [1.807, 2.05) is 29.6 Å². The molecular formula is C16H12ClF2NS. The molecule has 5 heteroatoms. The van der Waals surface area contributed by atoms with Gasteiger partial charge in [0.2, 0.25) is 0 Å². The molecule has 0 saturated heterocycles. The number of hydrogen-bond donors (Lipinski definition) is 1. The number of nitrogens with two attached hydrogens (primary N) is 1. The van der Waals surface area contributed by atoms with Crippen molar-refractivity contribution in [2.24, 2.45) is 5.73 Å². The summed E-state index contributed by atoms with van der Waals surface area (Å²) >= 11 is 7.17. The number of thiophene rings is 1. The van der Waals surface area contributed by atoms with E-state index < -0.39 is 17.7 Å². The van der Waals surface area contributed by atoms with Gasteiger partial charge in [-0.25, -0.2) is 8.78 Å². The van der Waals surface area contributed by atoms with E-state index in [0.717, 1.165) is 27.8 Å². The van der Waals surface area contributed by atoms with E-state index in [2.05, 4.69) is 0 Å². The monoisotopic (exact) mass is 323 g/mol. The second kappa shape index (κ2) is 5.72. The van der Waals surface area contributed by atoms with Crippen molar-refractivity contribution in [1.82, 2.24) is 0 Å². The molecule has 21 heavy (non-hydrogen) atoms. The molecule has 0 aliphatic carbocycles. The van der Waals surface area contributed by atoms with Crippen LogP contribution in [0, 0.1) is 11.6 Å².